The molecule has 1 heterocycles. The maximum atomic E-state index is 3.82. The quantitative estimate of drug-likeness (QED) is 0.704. The van der Waals surface area contributed by atoms with Gasteiger partial charge in [-0.25, -0.2) is 0 Å². The minimum atomic E-state index is 0.788. The summed E-state index contributed by atoms with van der Waals surface area (Å²) in [6, 6.07) is 4.42. The van der Waals surface area contributed by atoms with Crippen molar-refractivity contribution in [3.05, 3.63) is 22.4 Å². The normalized spacial score (nSPS) is 27.8. The zero-order valence-electron chi connectivity index (χ0n) is 8.42. The Morgan fingerprint density at radius 1 is 1.36 bits per heavy atom. The predicted molar refractivity (Wildman–Crippen MR) is 67.3 cm³/mol. The molecule has 0 radical (unpaired) electrons. The Morgan fingerprint density at radius 2 is 2.21 bits per heavy atom. The van der Waals surface area contributed by atoms with E-state index in [0.717, 1.165) is 10.7 Å². The van der Waals surface area contributed by atoms with E-state index >= 15 is 0 Å². The van der Waals surface area contributed by atoms with Crippen LogP contribution in [0, 0.1) is 5.92 Å². The lowest BCUT2D eigenvalue weighted by molar-refractivity contribution is 0.356. The predicted octanol–water partition coefficient (Wildman–Crippen LogP) is 4.63. The van der Waals surface area contributed by atoms with E-state index in [-0.39, 0.29) is 0 Å². The van der Waals surface area contributed by atoms with E-state index in [0.29, 0.717) is 0 Å². The van der Waals surface area contributed by atoms with Crippen LogP contribution >= 0.6 is 27.3 Å². The Balaban J connectivity index is 1.79. The van der Waals surface area contributed by atoms with E-state index in [1.54, 1.807) is 4.88 Å². The van der Waals surface area contributed by atoms with E-state index in [2.05, 4.69) is 33.4 Å². The molecule has 0 N–H and O–H groups in total. The second kappa shape index (κ2) is 5.32. The van der Waals surface area contributed by atoms with Gasteiger partial charge in [0.25, 0.3) is 0 Å². The van der Waals surface area contributed by atoms with E-state index in [9.17, 15) is 0 Å². The smallest absolute Gasteiger partial charge is 0.0174 e. The Hall–Kier alpha value is 0.180. The average molecular weight is 273 g/mol. The topological polar surface area (TPSA) is 0 Å². The minimum absolute atomic E-state index is 0.788. The molecule has 1 fully saturated rings. The fourth-order valence-electron chi connectivity index (χ4n) is 2.27. The molecule has 0 aromatic carbocycles. The lowest BCUT2D eigenvalue weighted by Crippen LogP contribution is -2.19. The fraction of sp³-hybridized carbons (Fsp3) is 0.667. The largest absolute Gasteiger partial charge is 0.149 e. The summed E-state index contributed by atoms with van der Waals surface area (Å²) in [6.45, 7) is 0. The van der Waals surface area contributed by atoms with Crippen LogP contribution in [0.1, 0.15) is 37.0 Å². The first-order valence-electron chi connectivity index (χ1n) is 5.53. The molecular formula is C12H17BrS. The fourth-order valence-corrected chi connectivity index (χ4v) is 3.85. The second-order valence-corrected chi connectivity index (χ2v) is 6.39. The zero-order chi connectivity index (χ0) is 9.80. The molecular weight excluding hydrogens is 256 g/mol. The molecule has 2 rings (SSSR count). The molecule has 0 saturated heterocycles. The Bertz CT molecular complexity index is 255. The van der Waals surface area contributed by atoms with Gasteiger partial charge < -0.3 is 0 Å². The first-order valence-corrected chi connectivity index (χ1v) is 7.32. The third-order valence-corrected chi connectivity index (χ3v) is 5.30. The maximum Gasteiger partial charge on any atom is 0.0174 e. The highest BCUT2D eigenvalue weighted by molar-refractivity contribution is 9.09. The summed E-state index contributed by atoms with van der Waals surface area (Å²) >= 11 is 5.72. The number of alkyl halides is 1. The Labute approximate surface area is 98.9 Å². The highest BCUT2D eigenvalue weighted by Crippen LogP contribution is 2.33. The van der Waals surface area contributed by atoms with Crippen molar-refractivity contribution in [3.8, 4) is 0 Å². The van der Waals surface area contributed by atoms with Gasteiger partial charge in [0.1, 0.15) is 0 Å². The molecule has 1 aliphatic carbocycles. The van der Waals surface area contributed by atoms with Crippen LogP contribution in [-0.4, -0.2) is 4.83 Å². The van der Waals surface area contributed by atoms with Crippen LogP contribution in [0.5, 0.6) is 0 Å². The molecule has 1 aliphatic rings. The van der Waals surface area contributed by atoms with E-state index in [4.69, 9.17) is 0 Å². The molecule has 2 heteroatoms. The number of halogens is 1. The van der Waals surface area contributed by atoms with Gasteiger partial charge in [-0.15, -0.1) is 11.3 Å². The van der Waals surface area contributed by atoms with Gasteiger partial charge in [-0.3, -0.25) is 0 Å². The van der Waals surface area contributed by atoms with Crippen LogP contribution in [-0.2, 0) is 6.42 Å². The van der Waals surface area contributed by atoms with E-state index in [1.807, 2.05) is 11.3 Å². The van der Waals surface area contributed by atoms with Gasteiger partial charge in [0.15, 0.2) is 0 Å². The van der Waals surface area contributed by atoms with Crippen molar-refractivity contribution in [2.45, 2.75) is 43.4 Å². The summed E-state index contributed by atoms with van der Waals surface area (Å²) in [7, 11) is 0. The average Bonchev–Trinajstić information content (AvgIpc) is 2.69. The van der Waals surface area contributed by atoms with Gasteiger partial charge in [-0.2, -0.15) is 0 Å². The van der Waals surface area contributed by atoms with Crippen molar-refractivity contribution in [2.75, 3.05) is 0 Å². The summed E-state index contributed by atoms with van der Waals surface area (Å²) in [4.78, 5) is 2.34. The zero-order valence-corrected chi connectivity index (χ0v) is 10.8. The standard InChI is InChI=1S/C12H17BrS/c13-12-6-2-1-4-10(12)7-8-11-5-3-9-14-11/h3,5,9-10,12H,1-2,4,6-8H2. The van der Waals surface area contributed by atoms with Crippen molar-refractivity contribution in [1.82, 2.24) is 0 Å². The van der Waals surface area contributed by atoms with E-state index < -0.39 is 0 Å². The summed E-state index contributed by atoms with van der Waals surface area (Å²) < 4.78 is 0. The van der Waals surface area contributed by atoms with Gasteiger partial charge in [-0.1, -0.05) is 34.8 Å². The molecule has 0 amide bonds. The van der Waals surface area contributed by atoms with Crippen LogP contribution in [0.4, 0.5) is 0 Å². The third kappa shape index (κ3) is 2.83. The molecule has 1 aromatic heterocycles. The lowest BCUT2D eigenvalue weighted by Gasteiger charge is -2.27. The summed E-state index contributed by atoms with van der Waals surface area (Å²) in [5.41, 5.74) is 0. The summed E-state index contributed by atoms with van der Waals surface area (Å²) in [5.74, 6) is 0.922. The summed E-state index contributed by atoms with van der Waals surface area (Å²) in [6.07, 6.45) is 8.33. The maximum absolute atomic E-state index is 3.82. The molecule has 1 saturated carbocycles. The van der Waals surface area contributed by atoms with Crippen LogP contribution in [0.25, 0.3) is 0 Å². The number of rotatable bonds is 3. The van der Waals surface area contributed by atoms with Crippen molar-refractivity contribution in [2.24, 2.45) is 5.92 Å². The highest BCUT2D eigenvalue weighted by atomic mass is 79.9. The molecule has 0 aliphatic heterocycles. The monoisotopic (exact) mass is 272 g/mol. The van der Waals surface area contributed by atoms with Crippen LogP contribution in [0.15, 0.2) is 17.5 Å². The first-order chi connectivity index (χ1) is 6.86. The molecule has 0 nitrogen and oxygen atoms in total. The minimum Gasteiger partial charge on any atom is -0.149 e. The number of aryl methyl sites for hydroxylation is 1. The second-order valence-electron chi connectivity index (χ2n) is 4.18. The van der Waals surface area contributed by atoms with Crippen molar-refractivity contribution in [3.63, 3.8) is 0 Å². The molecule has 0 spiro atoms. The molecule has 1 aromatic rings. The number of hydrogen-bond donors (Lipinski definition) is 0. The van der Waals surface area contributed by atoms with Crippen LogP contribution in [0.2, 0.25) is 0 Å². The van der Waals surface area contributed by atoms with Crippen molar-refractivity contribution < 1.29 is 0 Å². The summed E-state index contributed by atoms with van der Waals surface area (Å²) in [5, 5.41) is 2.18. The van der Waals surface area contributed by atoms with Gasteiger partial charge in [-0.05, 0) is 43.0 Å². The SMILES string of the molecule is BrC1CCCCC1CCc1cccs1. The molecule has 14 heavy (non-hydrogen) atoms. The Kier molecular flexibility index (Phi) is 4.06. The van der Waals surface area contributed by atoms with Gasteiger partial charge in [0.05, 0.1) is 0 Å². The molecule has 78 valence electrons. The first kappa shape index (κ1) is 10.7. The molecule has 0 bridgehead atoms. The van der Waals surface area contributed by atoms with Crippen molar-refractivity contribution >= 4 is 27.3 Å². The van der Waals surface area contributed by atoms with Gasteiger partial charge >= 0.3 is 0 Å². The molecule has 2 unspecified atom stereocenters. The lowest BCUT2D eigenvalue weighted by atomic mass is 9.86. The Morgan fingerprint density at radius 3 is 2.93 bits per heavy atom. The van der Waals surface area contributed by atoms with Gasteiger partial charge in [0, 0.05) is 9.70 Å². The highest BCUT2D eigenvalue weighted by Gasteiger charge is 2.22. The van der Waals surface area contributed by atoms with Gasteiger partial charge in [0.2, 0.25) is 0 Å². The van der Waals surface area contributed by atoms with E-state index in [1.165, 1.54) is 38.5 Å². The molecule has 2 atom stereocenters. The van der Waals surface area contributed by atoms with Crippen LogP contribution in [0.3, 0.4) is 0 Å². The number of thiophene rings is 1. The van der Waals surface area contributed by atoms with Crippen molar-refractivity contribution in [1.29, 1.82) is 0 Å². The number of hydrogen-bond acceptors (Lipinski definition) is 1. The third-order valence-electron chi connectivity index (χ3n) is 3.16. The van der Waals surface area contributed by atoms with Crippen LogP contribution < -0.4 is 0 Å².